The molecule has 1 atom stereocenters. The highest BCUT2D eigenvalue weighted by Gasteiger charge is 2.10. The van der Waals surface area contributed by atoms with Crippen molar-refractivity contribution in [2.45, 2.75) is 5.38 Å². The maximum atomic E-state index is 8.81. The first-order valence-corrected chi connectivity index (χ1v) is 5.29. The Morgan fingerprint density at radius 1 is 1.19 bits per heavy atom. The molecule has 1 aromatic carbocycles. The Morgan fingerprint density at radius 2 is 2.00 bits per heavy atom. The number of pyridine rings is 1. The van der Waals surface area contributed by atoms with E-state index in [-0.39, 0.29) is 5.38 Å². The summed E-state index contributed by atoms with van der Waals surface area (Å²) in [5.74, 6) is 0. The van der Waals surface area contributed by atoms with Gasteiger partial charge in [-0.1, -0.05) is 18.2 Å². The molecule has 0 N–H and O–H groups in total. The Labute approximate surface area is 99.1 Å². The van der Waals surface area contributed by atoms with E-state index in [1.807, 2.05) is 24.3 Å². The van der Waals surface area contributed by atoms with Gasteiger partial charge in [-0.3, -0.25) is 4.98 Å². The van der Waals surface area contributed by atoms with Gasteiger partial charge in [-0.15, -0.1) is 11.6 Å². The van der Waals surface area contributed by atoms with Crippen LogP contribution >= 0.6 is 11.6 Å². The van der Waals surface area contributed by atoms with E-state index in [2.05, 4.69) is 11.1 Å². The van der Waals surface area contributed by atoms with Gasteiger partial charge in [0.25, 0.3) is 0 Å². The fraction of sp³-hybridized carbons (Fsp3) is 0.0769. The molecule has 0 saturated heterocycles. The summed E-state index contributed by atoms with van der Waals surface area (Å²) in [6.07, 6.45) is 3.44. The van der Waals surface area contributed by atoms with Gasteiger partial charge in [-0.25, -0.2) is 0 Å². The predicted octanol–water partition coefficient (Wildman–Crippen LogP) is 3.28. The van der Waals surface area contributed by atoms with Crippen molar-refractivity contribution in [3.05, 3.63) is 65.5 Å². The van der Waals surface area contributed by atoms with Gasteiger partial charge >= 0.3 is 0 Å². The third kappa shape index (κ3) is 2.21. The lowest BCUT2D eigenvalue weighted by atomic mass is 10.0. The summed E-state index contributed by atoms with van der Waals surface area (Å²) in [6.45, 7) is 0. The van der Waals surface area contributed by atoms with Crippen molar-refractivity contribution in [3.8, 4) is 6.07 Å². The van der Waals surface area contributed by atoms with E-state index in [1.54, 1.807) is 24.5 Å². The monoisotopic (exact) mass is 228 g/mol. The van der Waals surface area contributed by atoms with E-state index < -0.39 is 0 Å². The minimum Gasteiger partial charge on any atom is -0.264 e. The number of nitrogens with zero attached hydrogens (tertiary/aromatic N) is 2. The maximum Gasteiger partial charge on any atom is 0.0991 e. The molecular formula is C13H9ClN2. The molecule has 78 valence electrons. The van der Waals surface area contributed by atoms with Crippen LogP contribution in [0.25, 0.3) is 0 Å². The van der Waals surface area contributed by atoms with Crippen LogP contribution in [0.3, 0.4) is 0 Å². The van der Waals surface area contributed by atoms with Crippen LogP contribution in [0.2, 0.25) is 0 Å². The van der Waals surface area contributed by atoms with E-state index in [4.69, 9.17) is 16.9 Å². The van der Waals surface area contributed by atoms with Gasteiger partial charge in [-0.2, -0.15) is 5.26 Å². The maximum absolute atomic E-state index is 8.81. The molecule has 0 unspecified atom stereocenters. The highest BCUT2D eigenvalue weighted by atomic mass is 35.5. The number of aromatic nitrogens is 1. The summed E-state index contributed by atoms with van der Waals surface area (Å²) < 4.78 is 0. The highest BCUT2D eigenvalue weighted by molar-refractivity contribution is 6.22. The lowest BCUT2D eigenvalue weighted by Crippen LogP contribution is -1.94. The minimum atomic E-state index is -0.262. The molecule has 1 aromatic heterocycles. The van der Waals surface area contributed by atoms with Crippen molar-refractivity contribution >= 4 is 11.6 Å². The summed E-state index contributed by atoms with van der Waals surface area (Å²) in [5, 5.41) is 8.55. The average Bonchev–Trinajstić information content (AvgIpc) is 2.39. The molecule has 0 radical (unpaired) electrons. The number of nitriles is 1. The molecule has 0 fully saturated rings. The normalized spacial score (nSPS) is 11.8. The zero-order valence-electron chi connectivity index (χ0n) is 8.47. The molecule has 0 saturated carbocycles. The van der Waals surface area contributed by atoms with Crippen molar-refractivity contribution in [2.24, 2.45) is 0 Å². The second-order valence-electron chi connectivity index (χ2n) is 3.39. The van der Waals surface area contributed by atoms with Crippen LogP contribution in [0, 0.1) is 11.3 Å². The zero-order valence-corrected chi connectivity index (χ0v) is 9.22. The lowest BCUT2D eigenvalue weighted by molar-refractivity contribution is 1.10. The lowest BCUT2D eigenvalue weighted by Gasteiger charge is -2.09. The van der Waals surface area contributed by atoms with Crippen molar-refractivity contribution in [1.82, 2.24) is 4.98 Å². The second kappa shape index (κ2) is 4.78. The molecule has 0 amide bonds. The predicted molar refractivity (Wildman–Crippen MR) is 63.1 cm³/mol. The molecule has 2 aromatic rings. The van der Waals surface area contributed by atoms with Crippen LogP contribution in [0.4, 0.5) is 0 Å². The number of halogens is 1. The fourth-order valence-electron chi connectivity index (χ4n) is 1.48. The van der Waals surface area contributed by atoms with E-state index in [1.165, 1.54) is 0 Å². The average molecular weight is 229 g/mol. The van der Waals surface area contributed by atoms with E-state index in [9.17, 15) is 0 Å². The first kappa shape index (κ1) is 10.7. The Morgan fingerprint density at radius 3 is 2.69 bits per heavy atom. The third-order valence-electron chi connectivity index (χ3n) is 2.29. The van der Waals surface area contributed by atoms with Gasteiger partial charge < -0.3 is 0 Å². The summed E-state index contributed by atoms with van der Waals surface area (Å²) in [5.41, 5.74) is 2.46. The van der Waals surface area contributed by atoms with Crippen LogP contribution in [0.5, 0.6) is 0 Å². The van der Waals surface area contributed by atoms with E-state index in [0.717, 1.165) is 11.1 Å². The van der Waals surface area contributed by atoms with Gasteiger partial charge in [0, 0.05) is 12.4 Å². The molecule has 3 heteroatoms. The van der Waals surface area contributed by atoms with Crippen molar-refractivity contribution in [1.29, 1.82) is 5.26 Å². The Kier molecular flexibility index (Phi) is 3.19. The van der Waals surface area contributed by atoms with Crippen LogP contribution in [-0.4, -0.2) is 4.98 Å². The van der Waals surface area contributed by atoms with Crippen molar-refractivity contribution in [3.63, 3.8) is 0 Å². The Bertz CT molecular complexity index is 517. The summed E-state index contributed by atoms with van der Waals surface area (Å²) in [4.78, 5) is 4.02. The molecule has 0 aliphatic heterocycles. The van der Waals surface area contributed by atoms with Crippen LogP contribution in [-0.2, 0) is 0 Å². The largest absolute Gasteiger partial charge is 0.264 e. The molecule has 0 aliphatic rings. The van der Waals surface area contributed by atoms with Gasteiger partial charge in [0.05, 0.1) is 17.0 Å². The minimum absolute atomic E-state index is 0.262. The van der Waals surface area contributed by atoms with Crippen molar-refractivity contribution < 1.29 is 0 Å². The first-order chi connectivity index (χ1) is 7.81. The van der Waals surface area contributed by atoms with Crippen LogP contribution in [0.1, 0.15) is 22.1 Å². The number of hydrogen-bond acceptors (Lipinski definition) is 2. The third-order valence-corrected chi connectivity index (χ3v) is 2.79. The first-order valence-electron chi connectivity index (χ1n) is 4.85. The molecule has 2 nitrogen and oxygen atoms in total. The zero-order chi connectivity index (χ0) is 11.4. The molecular weight excluding hydrogens is 220 g/mol. The van der Waals surface area contributed by atoms with Gasteiger partial charge in [0.15, 0.2) is 0 Å². The Hall–Kier alpha value is -1.85. The van der Waals surface area contributed by atoms with Gasteiger partial charge in [-0.05, 0) is 29.3 Å². The standard InChI is InChI=1S/C13H9ClN2/c14-13(12-5-2-6-16-9-12)11-4-1-3-10(7-11)8-15/h1-7,9,13H/t13-/m1/s1. The SMILES string of the molecule is N#Cc1cccc([C@@H](Cl)c2cccnc2)c1. The quantitative estimate of drug-likeness (QED) is 0.740. The second-order valence-corrected chi connectivity index (χ2v) is 3.82. The molecule has 16 heavy (non-hydrogen) atoms. The van der Waals surface area contributed by atoms with Gasteiger partial charge in [0.1, 0.15) is 0 Å². The van der Waals surface area contributed by atoms with Crippen LogP contribution in [0.15, 0.2) is 48.8 Å². The van der Waals surface area contributed by atoms with Crippen molar-refractivity contribution in [2.75, 3.05) is 0 Å². The number of rotatable bonds is 2. The molecule has 2 rings (SSSR count). The smallest absolute Gasteiger partial charge is 0.0991 e. The van der Waals surface area contributed by atoms with E-state index in [0.29, 0.717) is 5.56 Å². The molecule has 0 spiro atoms. The summed E-state index contributed by atoms with van der Waals surface area (Å²) in [6, 6.07) is 13.2. The number of benzene rings is 1. The molecule has 0 bridgehead atoms. The number of hydrogen-bond donors (Lipinski definition) is 0. The Balaban J connectivity index is 2.35. The fourth-order valence-corrected chi connectivity index (χ4v) is 1.75. The topological polar surface area (TPSA) is 36.7 Å². The van der Waals surface area contributed by atoms with Gasteiger partial charge in [0.2, 0.25) is 0 Å². The van der Waals surface area contributed by atoms with E-state index >= 15 is 0 Å². The number of alkyl halides is 1. The van der Waals surface area contributed by atoms with Crippen LogP contribution < -0.4 is 0 Å². The summed E-state index contributed by atoms with van der Waals surface area (Å²) in [7, 11) is 0. The molecule has 1 heterocycles. The molecule has 0 aliphatic carbocycles. The summed E-state index contributed by atoms with van der Waals surface area (Å²) >= 11 is 6.31. The highest BCUT2D eigenvalue weighted by Crippen LogP contribution is 2.28.